The van der Waals surface area contributed by atoms with Gasteiger partial charge in [0.1, 0.15) is 0 Å². The van der Waals surface area contributed by atoms with E-state index in [0.717, 1.165) is 40.6 Å². The van der Waals surface area contributed by atoms with Crippen molar-refractivity contribution in [2.75, 3.05) is 44.2 Å². The van der Waals surface area contributed by atoms with E-state index in [2.05, 4.69) is 34.7 Å². The van der Waals surface area contributed by atoms with Crippen molar-refractivity contribution in [1.82, 2.24) is 14.2 Å². The quantitative estimate of drug-likeness (QED) is 0.248. The first-order chi connectivity index (χ1) is 17.2. The molecule has 0 radical (unpaired) electrons. The first-order valence-electron chi connectivity index (χ1n) is 12.5. The van der Waals surface area contributed by atoms with E-state index in [-0.39, 0.29) is 10.8 Å². The van der Waals surface area contributed by atoms with Gasteiger partial charge < -0.3 is 4.90 Å². The Kier molecular flexibility index (Phi) is 10.4. The Labute approximate surface area is 227 Å². The molecule has 1 aromatic heterocycles. The van der Waals surface area contributed by atoms with Crippen molar-refractivity contribution in [3.8, 4) is 0 Å². The van der Waals surface area contributed by atoms with Crippen molar-refractivity contribution in [1.29, 1.82) is 0 Å². The predicted octanol–water partition coefficient (Wildman–Crippen LogP) is 5.86. The van der Waals surface area contributed by atoms with Crippen LogP contribution in [0.3, 0.4) is 0 Å². The fourth-order valence-corrected chi connectivity index (χ4v) is 7.16. The predicted molar refractivity (Wildman–Crippen MR) is 153 cm³/mol. The minimum atomic E-state index is -3.60. The molecule has 7 nitrogen and oxygen atoms in total. The lowest BCUT2D eigenvalue weighted by atomic mass is 10.2. The first-order valence-corrected chi connectivity index (χ1v) is 15.5. The molecule has 3 rings (SSSR count). The van der Waals surface area contributed by atoms with Gasteiger partial charge >= 0.3 is 0 Å². The Morgan fingerprint density at radius 3 is 2.14 bits per heavy atom. The second kappa shape index (κ2) is 13.1. The molecule has 10 heteroatoms. The van der Waals surface area contributed by atoms with Gasteiger partial charge in [-0.3, -0.25) is 9.69 Å². The second-order valence-electron chi connectivity index (χ2n) is 8.52. The summed E-state index contributed by atoms with van der Waals surface area (Å²) in [5.41, 5.74) is 1.28. The lowest BCUT2D eigenvalue weighted by molar-refractivity contribution is 0.0983. The van der Waals surface area contributed by atoms with Crippen molar-refractivity contribution >= 4 is 58.5 Å². The molecule has 3 aromatic rings. The number of carbonyl (C=O) groups excluding carboxylic acids is 1. The minimum Gasteiger partial charge on any atom is -0.302 e. The van der Waals surface area contributed by atoms with E-state index < -0.39 is 10.0 Å². The summed E-state index contributed by atoms with van der Waals surface area (Å²) in [6.07, 6.45) is 1.49. The Bertz CT molecular complexity index is 1250. The lowest BCUT2D eigenvalue weighted by Crippen LogP contribution is -2.39. The monoisotopic (exact) mass is 594 g/mol. The molecule has 2 aromatic carbocycles. The fraction of sp³-hybridized carbons (Fsp3) is 0.462. The van der Waals surface area contributed by atoms with Gasteiger partial charge in [0.15, 0.2) is 5.13 Å². The van der Waals surface area contributed by atoms with Gasteiger partial charge in [-0.25, -0.2) is 13.4 Å². The maximum absolute atomic E-state index is 13.7. The van der Waals surface area contributed by atoms with Crippen LogP contribution in [-0.4, -0.2) is 67.8 Å². The summed E-state index contributed by atoms with van der Waals surface area (Å²) in [4.78, 5) is 22.6. The van der Waals surface area contributed by atoms with Crippen LogP contribution < -0.4 is 4.90 Å². The molecule has 36 heavy (non-hydrogen) atoms. The van der Waals surface area contributed by atoms with E-state index in [1.54, 1.807) is 29.2 Å². The zero-order valence-corrected chi connectivity index (χ0v) is 24.6. The van der Waals surface area contributed by atoms with Crippen LogP contribution >= 0.6 is 27.3 Å². The van der Waals surface area contributed by atoms with Crippen molar-refractivity contribution in [3.05, 3.63) is 52.5 Å². The molecule has 0 saturated heterocycles. The fourth-order valence-electron chi connectivity index (χ4n) is 3.99. The number of hydrogen-bond donors (Lipinski definition) is 0. The average Bonchev–Trinajstić information content (AvgIpc) is 3.29. The van der Waals surface area contributed by atoms with Crippen LogP contribution in [0.15, 0.2) is 51.8 Å². The van der Waals surface area contributed by atoms with Crippen LogP contribution in [0.1, 0.15) is 50.9 Å². The summed E-state index contributed by atoms with van der Waals surface area (Å²) in [6, 6.07) is 12.2. The zero-order chi connectivity index (χ0) is 26.3. The zero-order valence-electron chi connectivity index (χ0n) is 21.4. The number of thiazole rings is 1. The van der Waals surface area contributed by atoms with Gasteiger partial charge in [0.25, 0.3) is 5.91 Å². The standard InChI is InChI=1S/C26H35BrN4O3S2/c1-5-15-30(16-6-2)36(33,34)22-12-9-20(10-13-22)25(32)31(18-17-29(7-3)8-4)26-28-23-14-11-21(27)19-24(23)35-26/h9-14,19H,5-8,15-18H2,1-4H3. The van der Waals surface area contributed by atoms with Crippen molar-refractivity contribution in [2.45, 2.75) is 45.4 Å². The number of nitrogens with zero attached hydrogens (tertiary/aromatic N) is 4. The molecular formula is C26H35BrN4O3S2. The highest BCUT2D eigenvalue weighted by atomic mass is 79.9. The molecule has 0 atom stereocenters. The van der Waals surface area contributed by atoms with Gasteiger partial charge in [-0.15, -0.1) is 0 Å². The number of hydrogen-bond acceptors (Lipinski definition) is 6. The molecule has 0 aliphatic heterocycles. The van der Waals surface area contributed by atoms with Crippen LogP contribution in [-0.2, 0) is 10.0 Å². The molecule has 196 valence electrons. The lowest BCUT2D eigenvalue weighted by Gasteiger charge is -2.25. The molecule has 0 unspecified atom stereocenters. The van der Waals surface area contributed by atoms with Crippen LogP contribution in [0.2, 0.25) is 0 Å². The molecule has 0 aliphatic rings. The summed E-state index contributed by atoms with van der Waals surface area (Å²) in [6.45, 7) is 12.1. The van der Waals surface area contributed by atoms with Crippen molar-refractivity contribution in [2.24, 2.45) is 0 Å². The molecule has 0 bridgehead atoms. The highest BCUT2D eigenvalue weighted by molar-refractivity contribution is 9.10. The molecule has 1 heterocycles. The van der Waals surface area contributed by atoms with E-state index in [9.17, 15) is 13.2 Å². The van der Waals surface area contributed by atoms with Crippen molar-refractivity contribution < 1.29 is 13.2 Å². The molecule has 0 spiro atoms. The number of aromatic nitrogens is 1. The highest BCUT2D eigenvalue weighted by Gasteiger charge is 2.25. The molecule has 0 aliphatic carbocycles. The molecule has 0 saturated carbocycles. The third kappa shape index (κ3) is 6.72. The van der Waals surface area contributed by atoms with Crippen LogP contribution in [0.25, 0.3) is 10.2 Å². The Morgan fingerprint density at radius 1 is 0.917 bits per heavy atom. The Morgan fingerprint density at radius 2 is 1.56 bits per heavy atom. The summed E-state index contributed by atoms with van der Waals surface area (Å²) >= 11 is 4.98. The van der Waals surface area contributed by atoms with Gasteiger partial charge in [-0.1, -0.05) is 55.0 Å². The SMILES string of the molecule is CCCN(CCC)S(=O)(=O)c1ccc(C(=O)N(CCN(CC)CC)c2nc3ccc(Br)cc3s2)cc1. The van der Waals surface area contributed by atoms with Crippen LogP contribution in [0.4, 0.5) is 5.13 Å². The maximum Gasteiger partial charge on any atom is 0.260 e. The Hall–Kier alpha value is -1.85. The topological polar surface area (TPSA) is 73.8 Å². The number of carbonyl (C=O) groups is 1. The third-order valence-corrected chi connectivity index (χ3v) is 9.48. The summed E-state index contributed by atoms with van der Waals surface area (Å²) in [5, 5.41) is 0.633. The van der Waals surface area contributed by atoms with Crippen molar-refractivity contribution in [3.63, 3.8) is 0 Å². The van der Waals surface area contributed by atoms with E-state index in [1.165, 1.54) is 15.6 Å². The number of amides is 1. The summed E-state index contributed by atoms with van der Waals surface area (Å²) < 4.78 is 29.7. The minimum absolute atomic E-state index is 0.191. The first kappa shape index (κ1) is 28.7. The number of anilines is 1. The van der Waals surface area contributed by atoms with Gasteiger partial charge in [-0.05, 0) is 68.4 Å². The number of sulfonamides is 1. The van der Waals surface area contributed by atoms with Crippen LogP contribution in [0.5, 0.6) is 0 Å². The van der Waals surface area contributed by atoms with Gasteiger partial charge in [0, 0.05) is 36.2 Å². The smallest absolute Gasteiger partial charge is 0.260 e. The third-order valence-electron chi connectivity index (χ3n) is 6.03. The Balaban J connectivity index is 1.92. The molecule has 0 N–H and O–H groups in total. The molecule has 0 fully saturated rings. The summed E-state index contributed by atoms with van der Waals surface area (Å²) in [5.74, 6) is -0.191. The average molecular weight is 596 g/mol. The highest BCUT2D eigenvalue weighted by Crippen LogP contribution is 2.32. The summed E-state index contributed by atoms with van der Waals surface area (Å²) in [7, 11) is -3.60. The van der Waals surface area contributed by atoms with E-state index in [4.69, 9.17) is 4.98 Å². The van der Waals surface area contributed by atoms with E-state index in [0.29, 0.717) is 36.9 Å². The largest absolute Gasteiger partial charge is 0.302 e. The number of fused-ring (bicyclic) bond motifs is 1. The number of benzene rings is 2. The molecule has 1 amide bonds. The van der Waals surface area contributed by atoms with Gasteiger partial charge in [0.05, 0.1) is 15.1 Å². The van der Waals surface area contributed by atoms with E-state index in [1.807, 2.05) is 32.0 Å². The van der Waals surface area contributed by atoms with Gasteiger partial charge in [0.2, 0.25) is 10.0 Å². The molecular weight excluding hydrogens is 560 g/mol. The number of rotatable bonds is 13. The van der Waals surface area contributed by atoms with Gasteiger partial charge in [-0.2, -0.15) is 4.31 Å². The normalized spacial score (nSPS) is 12.1. The maximum atomic E-state index is 13.7. The van der Waals surface area contributed by atoms with Crippen LogP contribution in [0, 0.1) is 0 Å². The second-order valence-corrected chi connectivity index (χ2v) is 12.4. The number of likely N-dealkylation sites (N-methyl/N-ethyl adjacent to an activating group) is 1. The number of halogens is 1. The van der Waals surface area contributed by atoms with E-state index >= 15 is 0 Å².